The van der Waals surface area contributed by atoms with Gasteiger partial charge < -0.3 is 15.0 Å². The number of carbonyl (C=O) groups excluding carboxylic acids is 2. The van der Waals surface area contributed by atoms with Crippen LogP contribution in [0.2, 0.25) is 5.02 Å². The van der Waals surface area contributed by atoms with Gasteiger partial charge in [0.25, 0.3) is 11.8 Å². The van der Waals surface area contributed by atoms with E-state index < -0.39 is 0 Å². The number of benzene rings is 2. The fourth-order valence-corrected chi connectivity index (χ4v) is 3.65. The molecule has 4 rings (SSSR count). The summed E-state index contributed by atoms with van der Waals surface area (Å²) in [6.45, 7) is 1.86. The summed E-state index contributed by atoms with van der Waals surface area (Å²) >= 11 is 5.87. The van der Waals surface area contributed by atoms with Crippen molar-refractivity contribution >= 4 is 29.1 Å². The summed E-state index contributed by atoms with van der Waals surface area (Å²) in [4.78, 5) is 27.4. The summed E-state index contributed by atoms with van der Waals surface area (Å²) < 4.78 is 5.64. The lowest BCUT2D eigenvalue weighted by molar-refractivity contribution is 0.0544. The Morgan fingerprint density at radius 3 is 2.77 bits per heavy atom. The lowest BCUT2D eigenvalue weighted by Crippen LogP contribution is -2.32. The van der Waals surface area contributed by atoms with Crippen LogP contribution < -0.4 is 5.32 Å². The Morgan fingerprint density at radius 2 is 2.04 bits per heavy atom. The zero-order valence-electron chi connectivity index (χ0n) is 14.2. The van der Waals surface area contributed by atoms with Crippen LogP contribution in [0.4, 0.5) is 5.69 Å². The largest absolute Gasteiger partial charge is 0.376 e. The Balaban J connectivity index is 1.54. The van der Waals surface area contributed by atoms with E-state index in [1.165, 1.54) is 0 Å². The van der Waals surface area contributed by atoms with Gasteiger partial charge >= 0.3 is 0 Å². The number of hydrogen-bond donors (Lipinski definition) is 1. The Hall–Kier alpha value is -2.37. The molecule has 0 bridgehead atoms. The molecule has 2 aliphatic rings. The van der Waals surface area contributed by atoms with Crippen LogP contribution >= 0.6 is 11.6 Å². The molecule has 0 saturated carbocycles. The van der Waals surface area contributed by atoms with Crippen molar-refractivity contribution in [3.63, 3.8) is 0 Å². The van der Waals surface area contributed by atoms with E-state index in [1.54, 1.807) is 35.2 Å². The van der Waals surface area contributed by atoms with Crippen LogP contribution in [0.25, 0.3) is 0 Å². The van der Waals surface area contributed by atoms with Crippen molar-refractivity contribution in [2.24, 2.45) is 0 Å². The highest BCUT2D eigenvalue weighted by Crippen LogP contribution is 2.28. The summed E-state index contributed by atoms with van der Waals surface area (Å²) in [5.74, 6) is -0.395. The molecule has 1 atom stereocenters. The van der Waals surface area contributed by atoms with E-state index in [9.17, 15) is 9.59 Å². The highest BCUT2D eigenvalue weighted by Gasteiger charge is 2.33. The number of nitrogens with one attached hydrogen (secondary N) is 1. The Morgan fingerprint density at radius 1 is 1.23 bits per heavy atom. The molecule has 2 heterocycles. The summed E-state index contributed by atoms with van der Waals surface area (Å²) in [5, 5.41) is 3.43. The zero-order valence-corrected chi connectivity index (χ0v) is 15.0. The van der Waals surface area contributed by atoms with Crippen LogP contribution in [0.15, 0.2) is 42.5 Å². The molecule has 0 spiro atoms. The highest BCUT2D eigenvalue weighted by molar-refractivity contribution is 6.30. The summed E-state index contributed by atoms with van der Waals surface area (Å²) in [7, 11) is 0. The van der Waals surface area contributed by atoms with Crippen molar-refractivity contribution in [2.75, 3.05) is 18.5 Å². The molecule has 2 aromatic carbocycles. The lowest BCUT2D eigenvalue weighted by atomic mass is 10.0. The van der Waals surface area contributed by atoms with Crippen LogP contribution in [-0.2, 0) is 11.3 Å². The molecule has 1 N–H and O–H groups in total. The van der Waals surface area contributed by atoms with Crippen LogP contribution in [0.3, 0.4) is 0 Å². The Labute approximate surface area is 156 Å². The van der Waals surface area contributed by atoms with Gasteiger partial charge in [-0.2, -0.15) is 0 Å². The summed E-state index contributed by atoms with van der Waals surface area (Å²) in [6, 6.07) is 12.3. The van der Waals surface area contributed by atoms with Gasteiger partial charge in [-0.25, -0.2) is 0 Å². The number of fused-ring (bicyclic) bond motifs is 1. The predicted molar refractivity (Wildman–Crippen MR) is 99.6 cm³/mol. The number of halogens is 1. The molecule has 2 aromatic rings. The Bertz CT molecular complexity index is 845. The molecule has 1 fully saturated rings. The van der Waals surface area contributed by atoms with Gasteiger partial charge in [0, 0.05) is 30.4 Å². The molecule has 2 amide bonds. The number of amides is 2. The van der Waals surface area contributed by atoms with E-state index >= 15 is 0 Å². The predicted octanol–water partition coefficient (Wildman–Crippen LogP) is 3.73. The van der Waals surface area contributed by atoms with E-state index in [0.717, 1.165) is 25.0 Å². The fourth-order valence-electron chi connectivity index (χ4n) is 3.52. The SMILES string of the molecule is O=C(Nc1ccc(Cl)cc1)c1cccc2c1C(=O)N(C[C@@H]1CCCO1)C2. The van der Waals surface area contributed by atoms with Crippen molar-refractivity contribution in [3.8, 4) is 0 Å². The second-order valence-corrected chi connectivity index (χ2v) is 7.06. The van der Waals surface area contributed by atoms with Gasteiger partial charge in [0.05, 0.1) is 17.2 Å². The van der Waals surface area contributed by atoms with E-state index in [4.69, 9.17) is 16.3 Å². The normalized spacial score (nSPS) is 18.9. The number of anilines is 1. The van der Waals surface area contributed by atoms with E-state index in [2.05, 4.69) is 5.32 Å². The minimum Gasteiger partial charge on any atom is -0.376 e. The molecule has 0 aliphatic carbocycles. The third-order valence-corrected chi connectivity index (χ3v) is 5.06. The topological polar surface area (TPSA) is 58.6 Å². The first kappa shape index (κ1) is 17.1. The van der Waals surface area contributed by atoms with Gasteiger partial charge in [0.1, 0.15) is 0 Å². The number of hydrogen-bond acceptors (Lipinski definition) is 3. The summed E-state index contributed by atoms with van der Waals surface area (Å²) in [5.41, 5.74) is 2.42. The molecule has 134 valence electrons. The first-order chi connectivity index (χ1) is 12.6. The number of rotatable bonds is 4. The molecule has 0 aromatic heterocycles. The molecular weight excluding hydrogens is 352 g/mol. The van der Waals surface area contributed by atoms with E-state index in [1.807, 2.05) is 12.1 Å². The van der Waals surface area contributed by atoms with Gasteiger partial charge in [0.2, 0.25) is 0 Å². The number of carbonyl (C=O) groups is 2. The zero-order chi connectivity index (χ0) is 18.1. The minimum atomic E-state index is -0.295. The molecule has 26 heavy (non-hydrogen) atoms. The van der Waals surface area contributed by atoms with E-state index in [0.29, 0.717) is 34.9 Å². The molecule has 0 radical (unpaired) electrons. The molecule has 5 nitrogen and oxygen atoms in total. The van der Waals surface area contributed by atoms with Crippen LogP contribution in [0, 0.1) is 0 Å². The van der Waals surface area contributed by atoms with Crippen LogP contribution in [0.5, 0.6) is 0 Å². The molecule has 1 saturated heterocycles. The fraction of sp³-hybridized carbons (Fsp3) is 0.300. The van der Waals surface area contributed by atoms with Crippen molar-refractivity contribution < 1.29 is 14.3 Å². The van der Waals surface area contributed by atoms with E-state index in [-0.39, 0.29) is 17.9 Å². The first-order valence-electron chi connectivity index (χ1n) is 8.71. The average molecular weight is 371 g/mol. The quantitative estimate of drug-likeness (QED) is 0.892. The van der Waals surface area contributed by atoms with Crippen molar-refractivity contribution in [3.05, 3.63) is 64.2 Å². The van der Waals surface area contributed by atoms with Crippen LogP contribution in [-0.4, -0.2) is 36.0 Å². The molecular formula is C20H19ClN2O3. The minimum absolute atomic E-state index is 0.0969. The second kappa shape index (κ2) is 7.09. The van der Waals surface area contributed by atoms with Gasteiger partial charge in [-0.3, -0.25) is 9.59 Å². The van der Waals surface area contributed by atoms with Crippen molar-refractivity contribution in [1.29, 1.82) is 0 Å². The van der Waals surface area contributed by atoms with Gasteiger partial charge in [-0.05, 0) is 48.7 Å². The molecule has 2 aliphatic heterocycles. The third-order valence-electron chi connectivity index (χ3n) is 4.81. The maximum absolute atomic E-state index is 12.9. The lowest BCUT2D eigenvalue weighted by Gasteiger charge is -2.19. The van der Waals surface area contributed by atoms with Gasteiger partial charge in [-0.1, -0.05) is 23.7 Å². The third kappa shape index (κ3) is 3.32. The molecule has 6 heteroatoms. The maximum atomic E-state index is 12.9. The first-order valence-corrected chi connectivity index (χ1v) is 9.09. The highest BCUT2D eigenvalue weighted by atomic mass is 35.5. The summed E-state index contributed by atoms with van der Waals surface area (Å²) in [6.07, 6.45) is 2.11. The van der Waals surface area contributed by atoms with Gasteiger partial charge in [0.15, 0.2) is 0 Å². The standard InChI is InChI=1S/C20H19ClN2O3/c21-14-6-8-15(9-7-14)22-19(24)17-5-1-3-13-11-23(20(25)18(13)17)12-16-4-2-10-26-16/h1,3,5-9,16H,2,4,10-12H2,(H,22,24)/t16-/m0/s1. The Kier molecular flexibility index (Phi) is 4.66. The van der Waals surface area contributed by atoms with Crippen molar-refractivity contribution in [1.82, 2.24) is 4.90 Å². The monoisotopic (exact) mass is 370 g/mol. The number of ether oxygens (including phenoxy) is 1. The van der Waals surface area contributed by atoms with Gasteiger partial charge in [-0.15, -0.1) is 0 Å². The van der Waals surface area contributed by atoms with Crippen LogP contribution in [0.1, 0.15) is 39.1 Å². The second-order valence-electron chi connectivity index (χ2n) is 6.62. The smallest absolute Gasteiger partial charge is 0.256 e. The maximum Gasteiger partial charge on any atom is 0.256 e. The average Bonchev–Trinajstić information content (AvgIpc) is 3.26. The number of nitrogens with zero attached hydrogens (tertiary/aromatic N) is 1. The molecule has 0 unspecified atom stereocenters. The van der Waals surface area contributed by atoms with Crippen molar-refractivity contribution in [2.45, 2.75) is 25.5 Å².